The van der Waals surface area contributed by atoms with Gasteiger partial charge < -0.3 is 24.7 Å². The van der Waals surface area contributed by atoms with Crippen LogP contribution in [0.1, 0.15) is 49.0 Å². The lowest BCUT2D eigenvalue weighted by atomic mass is 9.71. The Bertz CT molecular complexity index is 1710. The fourth-order valence-electron chi connectivity index (χ4n) is 7.21. The zero-order chi connectivity index (χ0) is 34.1. The van der Waals surface area contributed by atoms with Gasteiger partial charge in [-0.05, 0) is 87.1 Å². The van der Waals surface area contributed by atoms with E-state index in [2.05, 4.69) is 32.1 Å². The fourth-order valence-corrected chi connectivity index (χ4v) is 9.24. The summed E-state index contributed by atoms with van der Waals surface area (Å²) in [4.78, 5) is 2.94. The number of hydrogen-bond donors (Lipinski definition) is 2. The van der Waals surface area contributed by atoms with E-state index >= 15 is 0 Å². The van der Waals surface area contributed by atoms with Gasteiger partial charge in [-0.1, -0.05) is 24.0 Å². The van der Waals surface area contributed by atoms with Crippen LogP contribution in [0.2, 0.25) is 0 Å². The van der Waals surface area contributed by atoms with E-state index in [9.17, 15) is 26.5 Å². The van der Waals surface area contributed by atoms with Gasteiger partial charge in [0.2, 0.25) is 0 Å². The number of thiophene rings is 1. The number of ether oxygens (including phenoxy) is 2. The topological polar surface area (TPSA) is 62.8 Å². The normalized spacial score (nSPS) is 21.5. The summed E-state index contributed by atoms with van der Waals surface area (Å²) in [5, 5.41) is 7.47. The molecule has 2 aromatic carbocycles. The number of alkyl halides is 5. The molecule has 1 spiro atoms. The summed E-state index contributed by atoms with van der Waals surface area (Å²) < 4.78 is 90.8. The summed E-state index contributed by atoms with van der Waals surface area (Å²) in [7, 11) is -2.73. The van der Waals surface area contributed by atoms with Gasteiger partial charge >= 0.3 is 12.8 Å². The first-order valence-electron chi connectivity index (χ1n) is 16.4. The maximum absolute atomic E-state index is 13.8. The van der Waals surface area contributed by atoms with Crippen molar-refractivity contribution in [3.63, 3.8) is 0 Å². The molecule has 2 N–H and O–H groups in total. The Balaban J connectivity index is 1.15. The molecule has 1 aromatic heterocycles. The van der Waals surface area contributed by atoms with Crippen LogP contribution in [0.4, 0.5) is 33.3 Å². The van der Waals surface area contributed by atoms with Crippen LogP contribution in [0.5, 0.6) is 5.75 Å². The number of halogens is 5. The average molecular weight is 710 g/mol. The summed E-state index contributed by atoms with van der Waals surface area (Å²) in [6.07, 6.45) is 0.957. The average Bonchev–Trinajstić information content (AvgIpc) is 3.35. The molecular formula is C35H41F5N3O3PS. The molecule has 3 aromatic rings. The van der Waals surface area contributed by atoms with Crippen molar-refractivity contribution >= 4 is 45.2 Å². The molecule has 2 aliphatic heterocycles. The number of benzene rings is 2. The van der Waals surface area contributed by atoms with E-state index in [4.69, 9.17) is 4.74 Å². The third-order valence-corrected chi connectivity index (χ3v) is 12.5. The molecular weight excluding hydrogens is 668 g/mol. The molecule has 0 radical (unpaired) electrons. The quantitative estimate of drug-likeness (QED) is 0.133. The van der Waals surface area contributed by atoms with Gasteiger partial charge in [-0.2, -0.15) is 22.0 Å². The zero-order valence-electron chi connectivity index (χ0n) is 27.1. The van der Waals surface area contributed by atoms with E-state index in [1.807, 2.05) is 6.07 Å². The van der Waals surface area contributed by atoms with Crippen LogP contribution in [-0.4, -0.2) is 75.9 Å². The Hall–Kier alpha value is -2.84. The van der Waals surface area contributed by atoms with E-state index in [0.717, 1.165) is 75.2 Å². The third kappa shape index (κ3) is 8.30. The van der Waals surface area contributed by atoms with Gasteiger partial charge in [-0.3, -0.25) is 4.90 Å². The molecule has 1 saturated carbocycles. The monoisotopic (exact) mass is 709 g/mol. The second-order valence-electron chi connectivity index (χ2n) is 13.6. The lowest BCUT2D eigenvalue weighted by Crippen LogP contribution is -2.62. The summed E-state index contributed by atoms with van der Waals surface area (Å²) in [5.74, 6) is 5.60. The summed E-state index contributed by atoms with van der Waals surface area (Å²) in [5.41, 5.74) is 1.61. The van der Waals surface area contributed by atoms with Crippen LogP contribution in [0.15, 0.2) is 36.4 Å². The first-order chi connectivity index (χ1) is 22.8. The maximum atomic E-state index is 13.8. The van der Waals surface area contributed by atoms with Crippen molar-refractivity contribution < 1.29 is 36.0 Å². The molecule has 1 aliphatic carbocycles. The van der Waals surface area contributed by atoms with Gasteiger partial charge in [0.1, 0.15) is 12.9 Å². The molecule has 6 nitrogen and oxygen atoms in total. The van der Waals surface area contributed by atoms with Gasteiger partial charge in [0.25, 0.3) is 0 Å². The van der Waals surface area contributed by atoms with Crippen molar-refractivity contribution in [2.45, 2.75) is 69.8 Å². The van der Waals surface area contributed by atoms with Crippen molar-refractivity contribution in [3.05, 3.63) is 46.8 Å². The molecule has 3 aliphatic rings. The van der Waals surface area contributed by atoms with Crippen LogP contribution in [-0.2, 0) is 15.7 Å². The number of anilines is 2. The summed E-state index contributed by atoms with van der Waals surface area (Å²) in [6, 6.07) is 10.6. The van der Waals surface area contributed by atoms with E-state index in [-0.39, 0.29) is 29.6 Å². The minimum absolute atomic E-state index is 0.0329. The fraction of sp³-hybridized carbons (Fsp3) is 0.543. The van der Waals surface area contributed by atoms with Crippen LogP contribution < -0.4 is 20.7 Å². The molecule has 0 bridgehead atoms. The number of nitrogens with one attached hydrogen (secondary N) is 2. The predicted octanol–water partition coefficient (Wildman–Crippen LogP) is 8.15. The number of nitrogens with zero attached hydrogens (tertiary/aromatic N) is 1. The van der Waals surface area contributed by atoms with E-state index < -0.39 is 26.4 Å². The maximum Gasteiger partial charge on any atom is 0.393 e. The highest BCUT2D eigenvalue weighted by Gasteiger charge is 2.46. The molecule has 13 heteroatoms. The molecule has 3 fully saturated rings. The third-order valence-electron chi connectivity index (χ3n) is 9.77. The standard InChI is InChI=1S/C35H41F5N3O3PS/c1-47(2,44)25-12-13-28(30(19-25)46-33(36)37)41-16-4-7-31-27(20-35(38,39)40)26-5-3-6-29(32(26)48-31)42-23-8-10-24(11-9-23)43-21-34(22-43)14-17-45-18-15-34/h3,5-6,12-13,19,23-24,33,41-42H,8-11,14-18,20-22H2,1-2H3. The van der Waals surface area contributed by atoms with Gasteiger partial charge in [0.05, 0.1) is 33.9 Å². The highest BCUT2D eigenvalue weighted by Crippen LogP contribution is 2.44. The predicted molar refractivity (Wildman–Crippen MR) is 183 cm³/mol. The highest BCUT2D eigenvalue weighted by molar-refractivity contribution is 7.70. The minimum atomic E-state index is -4.42. The van der Waals surface area contributed by atoms with E-state index in [1.165, 1.54) is 36.8 Å². The summed E-state index contributed by atoms with van der Waals surface area (Å²) >= 11 is 1.24. The van der Waals surface area contributed by atoms with Crippen molar-refractivity contribution in [1.82, 2.24) is 4.90 Å². The van der Waals surface area contributed by atoms with E-state index in [1.54, 1.807) is 18.2 Å². The molecule has 0 amide bonds. The molecule has 0 atom stereocenters. The lowest BCUT2D eigenvalue weighted by Gasteiger charge is -2.56. The van der Waals surface area contributed by atoms with Crippen LogP contribution in [0.25, 0.3) is 10.1 Å². The minimum Gasteiger partial charge on any atom is -0.433 e. The SMILES string of the molecule is CP(C)(=O)c1ccc(NCC#Cc2sc3c(NC4CCC(N5CC6(CCOCC6)C5)CC4)cccc3c2CC(F)(F)F)c(OC(F)F)c1. The van der Waals surface area contributed by atoms with Crippen molar-refractivity contribution in [2.24, 2.45) is 5.41 Å². The van der Waals surface area contributed by atoms with Crippen molar-refractivity contribution in [2.75, 3.05) is 56.8 Å². The second-order valence-corrected chi connectivity index (χ2v) is 17.9. The molecule has 260 valence electrons. The lowest BCUT2D eigenvalue weighted by molar-refractivity contribution is -0.127. The Morgan fingerprint density at radius 1 is 1.08 bits per heavy atom. The zero-order valence-corrected chi connectivity index (χ0v) is 28.8. The molecule has 3 heterocycles. The van der Waals surface area contributed by atoms with Gasteiger partial charge in [0.15, 0.2) is 0 Å². The molecule has 48 heavy (non-hydrogen) atoms. The number of likely N-dealkylation sites (tertiary alicyclic amines) is 1. The number of hydrogen-bond acceptors (Lipinski definition) is 7. The Morgan fingerprint density at radius 3 is 2.48 bits per heavy atom. The molecule has 0 unspecified atom stereocenters. The number of fused-ring (bicyclic) bond motifs is 1. The van der Waals surface area contributed by atoms with Crippen molar-refractivity contribution in [1.29, 1.82) is 0 Å². The van der Waals surface area contributed by atoms with Gasteiger partial charge in [0, 0.05) is 49.1 Å². The van der Waals surface area contributed by atoms with Crippen molar-refractivity contribution in [3.8, 4) is 17.6 Å². The van der Waals surface area contributed by atoms with Crippen LogP contribution in [0, 0.1) is 17.3 Å². The Labute approximate surface area is 282 Å². The first kappa shape index (κ1) is 35.0. The first-order valence-corrected chi connectivity index (χ1v) is 19.8. The van der Waals surface area contributed by atoms with Gasteiger partial charge in [-0.15, -0.1) is 11.3 Å². The van der Waals surface area contributed by atoms with Crippen LogP contribution in [0.3, 0.4) is 0 Å². The smallest absolute Gasteiger partial charge is 0.393 e. The number of rotatable bonds is 9. The highest BCUT2D eigenvalue weighted by atomic mass is 32.1. The Kier molecular flexibility index (Phi) is 10.3. The summed E-state index contributed by atoms with van der Waals surface area (Å²) in [6.45, 7) is 3.98. The molecule has 6 rings (SSSR count). The largest absolute Gasteiger partial charge is 0.433 e. The van der Waals surface area contributed by atoms with Crippen LogP contribution >= 0.6 is 18.5 Å². The Morgan fingerprint density at radius 2 is 1.81 bits per heavy atom. The second kappa shape index (κ2) is 14.2. The molecule has 2 saturated heterocycles. The van der Waals surface area contributed by atoms with E-state index in [0.29, 0.717) is 27.0 Å². The van der Waals surface area contributed by atoms with Gasteiger partial charge in [-0.25, -0.2) is 0 Å².